The average molecular weight is 296 g/mol. The van der Waals surface area contributed by atoms with Crippen LogP contribution in [-0.2, 0) is 9.53 Å². The molecular weight excluding hydrogens is 276 g/mol. The molecule has 1 aromatic rings. The molecule has 116 valence electrons. The van der Waals surface area contributed by atoms with Gasteiger partial charge in [-0.3, -0.25) is 14.7 Å². The zero-order chi connectivity index (χ0) is 15.3. The second-order valence-electron chi connectivity index (χ2n) is 5.35. The summed E-state index contributed by atoms with van der Waals surface area (Å²) in [6.45, 7) is 1.26. The number of aromatic nitrogens is 3. The summed E-state index contributed by atoms with van der Waals surface area (Å²) in [5.74, 6) is -1.01. The summed E-state index contributed by atoms with van der Waals surface area (Å²) in [4.78, 5) is 29.4. The van der Waals surface area contributed by atoms with E-state index in [1.807, 2.05) is 0 Å². The normalized spacial score (nSPS) is 22.2. The van der Waals surface area contributed by atoms with E-state index in [4.69, 9.17) is 4.74 Å². The van der Waals surface area contributed by atoms with Gasteiger partial charge in [-0.15, -0.1) is 0 Å². The molecule has 2 N–H and O–H groups in total. The molecule has 0 aromatic carbocycles. The third-order valence-corrected chi connectivity index (χ3v) is 3.94. The molecule has 1 unspecified atom stereocenters. The maximum Gasteiger partial charge on any atom is 0.311 e. The molecule has 8 heteroatoms. The number of carboxylic acids is 1. The number of carbonyl (C=O) groups excluding carboxylic acids is 1. The van der Waals surface area contributed by atoms with Crippen LogP contribution in [0.4, 0.5) is 0 Å². The summed E-state index contributed by atoms with van der Waals surface area (Å²) in [6, 6.07) is 0. The predicted octanol–water partition coefficient (Wildman–Crippen LogP) is 0.538. The van der Waals surface area contributed by atoms with E-state index in [2.05, 4.69) is 15.2 Å². The van der Waals surface area contributed by atoms with Crippen LogP contribution in [0, 0.1) is 5.41 Å². The number of H-pyrrole nitrogens is 1. The Hall–Kier alpha value is -1.96. The molecule has 1 aromatic heterocycles. The Labute approximate surface area is 122 Å². The number of aliphatic carboxylic acids is 1. The fraction of sp³-hybridized carbons (Fsp3) is 0.692. The highest BCUT2D eigenvalue weighted by atomic mass is 16.5. The Morgan fingerprint density at radius 3 is 3.00 bits per heavy atom. The molecule has 0 aliphatic carbocycles. The van der Waals surface area contributed by atoms with Gasteiger partial charge in [0.2, 0.25) is 5.82 Å². The quantitative estimate of drug-likeness (QED) is 0.742. The third-order valence-electron chi connectivity index (χ3n) is 3.94. The van der Waals surface area contributed by atoms with Crippen LogP contribution in [0.2, 0.25) is 0 Å². The maximum atomic E-state index is 12.3. The smallest absolute Gasteiger partial charge is 0.311 e. The first-order valence-corrected chi connectivity index (χ1v) is 6.96. The highest BCUT2D eigenvalue weighted by Gasteiger charge is 2.43. The number of hydrogen-bond donors (Lipinski definition) is 2. The molecule has 1 amide bonds. The lowest BCUT2D eigenvalue weighted by Gasteiger charge is -2.39. The monoisotopic (exact) mass is 296 g/mol. The van der Waals surface area contributed by atoms with E-state index in [0.717, 1.165) is 0 Å². The van der Waals surface area contributed by atoms with Crippen molar-refractivity contribution in [2.24, 2.45) is 5.41 Å². The molecule has 2 rings (SSSR count). The number of piperidine rings is 1. The zero-order valence-corrected chi connectivity index (χ0v) is 12.0. The lowest BCUT2D eigenvalue weighted by Crippen LogP contribution is -2.50. The minimum Gasteiger partial charge on any atom is -0.481 e. The minimum atomic E-state index is -0.896. The van der Waals surface area contributed by atoms with Crippen LogP contribution in [0.25, 0.3) is 0 Å². The molecule has 0 bridgehead atoms. The predicted molar refractivity (Wildman–Crippen MR) is 72.7 cm³/mol. The fourth-order valence-corrected chi connectivity index (χ4v) is 2.80. The SMILES string of the molecule is COCCCC1(C(=O)O)CCCN(C(=O)c2ncn[nH]2)C1. The Morgan fingerprint density at radius 1 is 1.57 bits per heavy atom. The van der Waals surface area contributed by atoms with Crippen LogP contribution in [0.5, 0.6) is 0 Å². The second kappa shape index (κ2) is 6.66. The van der Waals surface area contributed by atoms with E-state index in [1.165, 1.54) is 6.33 Å². The standard InChI is InChI=1S/C13H20N4O4/c1-21-7-3-5-13(12(19)20)4-2-6-17(8-13)11(18)10-14-9-15-16-10/h9H,2-8H2,1H3,(H,19,20)(H,14,15,16). The van der Waals surface area contributed by atoms with Gasteiger partial charge in [-0.2, -0.15) is 5.10 Å². The second-order valence-corrected chi connectivity index (χ2v) is 5.35. The molecule has 1 aliphatic rings. The molecule has 0 saturated carbocycles. The van der Waals surface area contributed by atoms with Crippen molar-refractivity contribution in [3.8, 4) is 0 Å². The lowest BCUT2D eigenvalue weighted by atomic mass is 9.76. The number of hydrogen-bond acceptors (Lipinski definition) is 5. The van der Waals surface area contributed by atoms with E-state index in [1.54, 1.807) is 12.0 Å². The summed E-state index contributed by atoms with van der Waals surface area (Å²) in [5, 5.41) is 15.8. The van der Waals surface area contributed by atoms with E-state index in [-0.39, 0.29) is 18.3 Å². The molecular formula is C13H20N4O4. The van der Waals surface area contributed by atoms with Gasteiger partial charge in [0, 0.05) is 26.8 Å². The van der Waals surface area contributed by atoms with Gasteiger partial charge in [0.15, 0.2) is 0 Å². The van der Waals surface area contributed by atoms with E-state index in [9.17, 15) is 14.7 Å². The molecule has 0 radical (unpaired) electrons. The highest BCUT2D eigenvalue weighted by molar-refractivity contribution is 5.91. The first-order chi connectivity index (χ1) is 10.1. The lowest BCUT2D eigenvalue weighted by molar-refractivity contribution is -0.152. The van der Waals surface area contributed by atoms with Gasteiger partial charge >= 0.3 is 5.97 Å². The van der Waals surface area contributed by atoms with Crippen LogP contribution < -0.4 is 0 Å². The number of nitrogens with one attached hydrogen (secondary N) is 1. The maximum absolute atomic E-state index is 12.3. The Bertz CT molecular complexity index is 490. The number of rotatable bonds is 6. The molecule has 0 spiro atoms. The van der Waals surface area contributed by atoms with Gasteiger partial charge in [0.25, 0.3) is 5.91 Å². The summed E-state index contributed by atoms with van der Waals surface area (Å²) in [6.07, 6.45) is 3.66. The van der Waals surface area contributed by atoms with Crippen LogP contribution in [-0.4, -0.2) is 63.9 Å². The number of likely N-dealkylation sites (tertiary alicyclic amines) is 1. The topological polar surface area (TPSA) is 108 Å². The zero-order valence-electron chi connectivity index (χ0n) is 12.0. The van der Waals surface area contributed by atoms with Gasteiger partial charge < -0.3 is 14.7 Å². The Morgan fingerprint density at radius 2 is 2.38 bits per heavy atom. The van der Waals surface area contributed by atoms with Crippen molar-refractivity contribution in [1.29, 1.82) is 0 Å². The number of nitrogens with zero attached hydrogens (tertiary/aromatic N) is 3. The van der Waals surface area contributed by atoms with Crippen LogP contribution in [0.1, 0.15) is 36.3 Å². The van der Waals surface area contributed by atoms with Gasteiger partial charge in [-0.25, -0.2) is 4.98 Å². The number of methoxy groups -OCH3 is 1. The van der Waals surface area contributed by atoms with Gasteiger partial charge in [0.1, 0.15) is 6.33 Å². The Balaban J connectivity index is 2.09. The van der Waals surface area contributed by atoms with E-state index in [0.29, 0.717) is 38.8 Å². The molecule has 1 fully saturated rings. The van der Waals surface area contributed by atoms with Crippen molar-refractivity contribution in [3.63, 3.8) is 0 Å². The van der Waals surface area contributed by atoms with E-state index >= 15 is 0 Å². The highest BCUT2D eigenvalue weighted by Crippen LogP contribution is 2.35. The average Bonchev–Trinajstić information content (AvgIpc) is 3.01. The molecule has 1 aliphatic heterocycles. The summed E-state index contributed by atoms with van der Waals surface area (Å²) < 4.78 is 4.99. The summed E-state index contributed by atoms with van der Waals surface area (Å²) in [5.41, 5.74) is -0.896. The fourth-order valence-electron chi connectivity index (χ4n) is 2.80. The van der Waals surface area contributed by atoms with Crippen LogP contribution in [0.3, 0.4) is 0 Å². The van der Waals surface area contributed by atoms with Crippen molar-refractivity contribution in [2.75, 3.05) is 26.8 Å². The van der Waals surface area contributed by atoms with Crippen molar-refractivity contribution < 1.29 is 19.4 Å². The molecule has 1 saturated heterocycles. The van der Waals surface area contributed by atoms with Gasteiger partial charge in [-0.1, -0.05) is 0 Å². The first kappa shape index (κ1) is 15.4. The number of carboxylic acid groups (broad SMARTS) is 1. The van der Waals surface area contributed by atoms with Crippen molar-refractivity contribution in [3.05, 3.63) is 12.2 Å². The van der Waals surface area contributed by atoms with Crippen molar-refractivity contribution >= 4 is 11.9 Å². The number of aromatic amines is 1. The van der Waals surface area contributed by atoms with Crippen molar-refractivity contribution in [1.82, 2.24) is 20.1 Å². The molecule has 21 heavy (non-hydrogen) atoms. The summed E-state index contributed by atoms with van der Waals surface area (Å²) >= 11 is 0. The van der Waals surface area contributed by atoms with Crippen LogP contribution >= 0.6 is 0 Å². The molecule has 2 heterocycles. The molecule has 1 atom stereocenters. The molecule has 8 nitrogen and oxygen atoms in total. The first-order valence-electron chi connectivity index (χ1n) is 6.96. The van der Waals surface area contributed by atoms with Gasteiger partial charge in [-0.05, 0) is 25.7 Å². The number of carbonyl (C=O) groups is 2. The van der Waals surface area contributed by atoms with Crippen molar-refractivity contribution in [2.45, 2.75) is 25.7 Å². The third kappa shape index (κ3) is 3.38. The number of ether oxygens (including phenoxy) is 1. The van der Waals surface area contributed by atoms with Gasteiger partial charge in [0.05, 0.1) is 5.41 Å². The largest absolute Gasteiger partial charge is 0.481 e. The van der Waals surface area contributed by atoms with E-state index < -0.39 is 11.4 Å². The summed E-state index contributed by atoms with van der Waals surface area (Å²) in [7, 11) is 1.59. The Kier molecular flexibility index (Phi) is 4.89. The minimum absolute atomic E-state index is 0.146. The number of amides is 1. The van der Waals surface area contributed by atoms with Crippen LogP contribution in [0.15, 0.2) is 6.33 Å².